The van der Waals surface area contributed by atoms with Crippen LogP contribution in [0, 0.1) is 5.92 Å². The van der Waals surface area contributed by atoms with Crippen molar-refractivity contribution < 1.29 is 4.74 Å². The van der Waals surface area contributed by atoms with Crippen LogP contribution >= 0.6 is 11.8 Å². The van der Waals surface area contributed by atoms with E-state index in [9.17, 15) is 0 Å². The third kappa shape index (κ3) is 3.09. The Labute approximate surface area is 95.4 Å². The molecule has 0 spiro atoms. The first-order valence-corrected chi connectivity index (χ1v) is 6.54. The molecule has 1 N–H and O–H groups in total. The van der Waals surface area contributed by atoms with E-state index in [-0.39, 0.29) is 0 Å². The van der Waals surface area contributed by atoms with Crippen LogP contribution in [-0.2, 0) is 4.74 Å². The van der Waals surface area contributed by atoms with E-state index in [1.54, 1.807) is 0 Å². The van der Waals surface area contributed by atoms with Crippen LogP contribution in [0.5, 0.6) is 0 Å². The van der Waals surface area contributed by atoms with Gasteiger partial charge in [0, 0.05) is 18.8 Å². The molecule has 15 heavy (non-hydrogen) atoms. The topological polar surface area (TPSA) is 36.9 Å². The van der Waals surface area contributed by atoms with Gasteiger partial charge in [-0.1, -0.05) is 25.6 Å². The van der Waals surface area contributed by atoms with Crippen LogP contribution in [0.4, 0.5) is 0 Å². The minimum absolute atomic E-state index is 0.485. The van der Waals surface area contributed by atoms with E-state index in [0.717, 1.165) is 37.2 Å². The highest BCUT2D eigenvalue weighted by Gasteiger charge is 2.22. The molecule has 0 saturated carbocycles. The van der Waals surface area contributed by atoms with Crippen molar-refractivity contribution in [3.63, 3.8) is 0 Å². The summed E-state index contributed by atoms with van der Waals surface area (Å²) in [5.74, 6) is 1.76. The predicted molar refractivity (Wildman–Crippen MR) is 64.0 cm³/mol. The zero-order valence-electron chi connectivity index (χ0n) is 9.40. The number of ether oxygens (including phenoxy) is 1. The third-order valence-corrected chi connectivity index (χ3v) is 3.69. The highest BCUT2D eigenvalue weighted by atomic mass is 32.2. The fraction of sp³-hybridized carbons (Fsp3) is 0.900. The molecule has 0 aromatic carbocycles. The molecule has 5 heteroatoms. The summed E-state index contributed by atoms with van der Waals surface area (Å²) in [5, 5.41) is 3.27. The van der Waals surface area contributed by atoms with Crippen molar-refractivity contribution in [1.29, 1.82) is 0 Å². The molecule has 2 aliphatic rings. The third-order valence-electron chi connectivity index (χ3n) is 2.71. The maximum Gasteiger partial charge on any atom is 0.171 e. The van der Waals surface area contributed by atoms with Gasteiger partial charge >= 0.3 is 0 Å². The van der Waals surface area contributed by atoms with Gasteiger partial charge in [-0.25, -0.2) is 5.01 Å². The van der Waals surface area contributed by atoms with Gasteiger partial charge in [0.2, 0.25) is 0 Å². The number of morpholine rings is 1. The second kappa shape index (κ2) is 5.18. The molecule has 0 aliphatic carbocycles. The Balaban J connectivity index is 1.81. The quantitative estimate of drug-likeness (QED) is 0.765. The summed E-state index contributed by atoms with van der Waals surface area (Å²) in [5.41, 5.74) is 3.37. The van der Waals surface area contributed by atoms with Crippen molar-refractivity contribution in [3.05, 3.63) is 0 Å². The summed E-state index contributed by atoms with van der Waals surface area (Å²) < 4.78 is 5.30. The molecule has 4 nitrogen and oxygen atoms in total. The van der Waals surface area contributed by atoms with Gasteiger partial charge in [-0.2, -0.15) is 0 Å². The van der Waals surface area contributed by atoms with Crippen LogP contribution in [0.3, 0.4) is 0 Å². The lowest BCUT2D eigenvalue weighted by molar-refractivity contribution is 0.0253. The molecule has 1 fully saturated rings. The first-order valence-electron chi connectivity index (χ1n) is 5.55. The Morgan fingerprint density at radius 1 is 1.47 bits per heavy atom. The lowest BCUT2D eigenvalue weighted by Gasteiger charge is -2.27. The first-order chi connectivity index (χ1) is 7.25. The van der Waals surface area contributed by atoms with E-state index in [1.807, 2.05) is 11.8 Å². The number of hydrogen-bond acceptors (Lipinski definition) is 5. The van der Waals surface area contributed by atoms with E-state index in [1.165, 1.54) is 0 Å². The smallest absolute Gasteiger partial charge is 0.171 e. The van der Waals surface area contributed by atoms with Crippen LogP contribution in [-0.4, -0.2) is 48.3 Å². The highest BCUT2D eigenvalue weighted by Crippen LogP contribution is 2.22. The van der Waals surface area contributed by atoms with Crippen LogP contribution in [0.15, 0.2) is 4.99 Å². The lowest BCUT2D eigenvalue weighted by Crippen LogP contribution is -2.47. The largest absolute Gasteiger partial charge is 0.379 e. The number of aliphatic imine (C=N–C) groups is 1. The molecule has 0 bridgehead atoms. The summed E-state index contributed by atoms with van der Waals surface area (Å²) in [6, 6.07) is 0.485. The Morgan fingerprint density at radius 3 is 2.80 bits per heavy atom. The van der Waals surface area contributed by atoms with Crippen molar-refractivity contribution in [3.8, 4) is 0 Å². The van der Waals surface area contributed by atoms with Gasteiger partial charge in [0.05, 0.1) is 19.3 Å². The first kappa shape index (κ1) is 11.2. The molecule has 1 saturated heterocycles. The van der Waals surface area contributed by atoms with E-state index in [4.69, 9.17) is 4.74 Å². The lowest BCUT2D eigenvalue weighted by atomic mass is 10.1. The number of rotatable bonds is 2. The van der Waals surface area contributed by atoms with Crippen LogP contribution in [0.2, 0.25) is 0 Å². The summed E-state index contributed by atoms with van der Waals surface area (Å²) >= 11 is 1.83. The number of thioether (sulfide) groups is 1. The van der Waals surface area contributed by atoms with Crippen molar-refractivity contribution in [2.45, 2.75) is 19.9 Å². The summed E-state index contributed by atoms with van der Waals surface area (Å²) in [6.45, 7) is 7.99. The molecular formula is C10H19N3OS. The van der Waals surface area contributed by atoms with E-state index < -0.39 is 0 Å². The molecule has 2 aliphatic heterocycles. The summed E-state index contributed by atoms with van der Waals surface area (Å²) in [6.07, 6.45) is 0. The van der Waals surface area contributed by atoms with Crippen molar-refractivity contribution in [2.75, 3.05) is 32.1 Å². The molecule has 0 aromatic heterocycles. The maximum absolute atomic E-state index is 5.30. The molecular weight excluding hydrogens is 210 g/mol. The number of hydrazine groups is 1. The Morgan fingerprint density at radius 2 is 2.20 bits per heavy atom. The molecule has 86 valence electrons. The number of amidine groups is 1. The number of nitrogens with one attached hydrogen (secondary N) is 1. The highest BCUT2D eigenvalue weighted by molar-refractivity contribution is 8.14. The zero-order chi connectivity index (χ0) is 10.7. The second-order valence-electron chi connectivity index (χ2n) is 4.27. The maximum atomic E-state index is 5.30. The Hall–Kier alpha value is -0.260. The van der Waals surface area contributed by atoms with Gasteiger partial charge in [-0.05, 0) is 5.92 Å². The minimum atomic E-state index is 0.485. The standard InChI is InChI=1S/C10H19N3OS/c1-8(2)9-7-15-10(11-9)12-13-3-5-14-6-4-13/h8-9H,3-7H2,1-2H3,(H,11,12). The summed E-state index contributed by atoms with van der Waals surface area (Å²) in [7, 11) is 0. The van der Waals surface area contributed by atoms with Crippen molar-refractivity contribution >= 4 is 16.9 Å². The van der Waals surface area contributed by atoms with E-state index >= 15 is 0 Å². The molecule has 1 atom stereocenters. The molecule has 0 radical (unpaired) electrons. The van der Waals surface area contributed by atoms with Crippen LogP contribution in [0.25, 0.3) is 0 Å². The summed E-state index contributed by atoms with van der Waals surface area (Å²) in [4.78, 5) is 4.67. The van der Waals surface area contributed by atoms with Crippen molar-refractivity contribution in [2.24, 2.45) is 10.9 Å². The van der Waals surface area contributed by atoms with Crippen LogP contribution < -0.4 is 5.43 Å². The molecule has 2 rings (SSSR count). The average Bonchev–Trinajstić information content (AvgIpc) is 2.68. The van der Waals surface area contributed by atoms with Gasteiger partial charge in [-0.3, -0.25) is 10.4 Å². The van der Waals surface area contributed by atoms with Gasteiger partial charge in [0.15, 0.2) is 5.17 Å². The molecule has 0 amide bonds. The Kier molecular flexibility index (Phi) is 3.88. The van der Waals surface area contributed by atoms with Gasteiger partial charge in [0.25, 0.3) is 0 Å². The second-order valence-corrected chi connectivity index (χ2v) is 5.28. The average molecular weight is 229 g/mol. The zero-order valence-corrected chi connectivity index (χ0v) is 10.2. The van der Waals surface area contributed by atoms with Crippen LogP contribution in [0.1, 0.15) is 13.8 Å². The van der Waals surface area contributed by atoms with Crippen molar-refractivity contribution in [1.82, 2.24) is 10.4 Å². The monoisotopic (exact) mass is 229 g/mol. The van der Waals surface area contributed by atoms with Gasteiger partial charge in [0.1, 0.15) is 0 Å². The van der Waals surface area contributed by atoms with Gasteiger partial charge < -0.3 is 4.74 Å². The number of nitrogens with zero attached hydrogens (tertiary/aromatic N) is 2. The molecule has 2 heterocycles. The van der Waals surface area contributed by atoms with E-state index in [0.29, 0.717) is 12.0 Å². The van der Waals surface area contributed by atoms with E-state index in [2.05, 4.69) is 29.3 Å². The Bertz CT molecular complexity index is 239. The fourth-order valence-corrected chi connectivity index (χ4v) is 2.79. The number of hydrogen-bond donors (Lipinski definition) is 1. The minimum Gasteiger partial charge on any atom is -0.379 e. The molecule has 0 aromatic rings. The fourth-order valence-electron chi connectivity index (χ4n) is 1.60. The normalized spacial score (nSPS) is 28.2. The SMILES string of the molecule is CC(C)C1CSC(NN2CCOCC2)=N1. The van der Waals surface area contributed by atoms with Gasteiger partial charge in [-0.15, -0.1) is 0 Å². The predicted octanol–water partition coefficient (Wildman–Crippen LogP) is 0.951. The molecule has 1 unspecified atom stereocenters.